The van der Waals surface area contributed by atoms with Gasteiger partial charge in [0.05, 0.1) is 0 Å². The molecule has 1 aliphatic carbocycles. The van der Waals surface area contributed by atoms with E-state index < -0.39 is 0 Å². The molecule has 0 heterocycles. The van der Waals surface area contributed by atoms with Crippen molar-refractivity contribution in [3.8, 4) is 0 Å². The van der Waals surface area contributed by atoms with Gasteiger partial charge in [-0.1, -0.05) is 37.3 Å². The molecule has 0 saturated heterocycles. The van der Waals surface area contributed by atoms with E-state index >= 15 is 0 Å². The SMILES string of the molecule is CCC(NC)C1CC1c1ccccc1. The van der Waals surface area contributed by atoms with Gasteiger partial charge in [0.15, 0.2) is 0 Å². The molecule has 3 atom stereocenters. The molecule has 0 aromatic heterocycles. The first-order valence-electron chi connectivity index (χ1n) is 5.59. The van der Waals surface area contributed by atoms with Crippen LogP contribution in [0.1, 0.15) is 31.2 Å². The summed E-state index contributed by atoms with van der Waals surface area (Å²) in [5.41, 5.74) is 1.52. The molecular weight excluding hydrogens is 170 g/mol. The van der Waals surface area contributed by atoms with E-state index in [2.05, 4.69) is 49.6 Å². The Morgan fingerprint density at radius 3 is 2.64 bits per heavy atom. The normalized spacial score (nSPS) is 27.3. The van der Waals surface area contributed by atoms with E-state index in [1.165, 1.54) is 18.4 Å². The van der Waals surface area contributed by atoms with Crippen LogP contribution < -0.4 is 5.32 Å². The lowest BCUT2D eigenvalue weighted by Crippen LogP contribution is -2.26. The molecule has 1 aromatic rings. The number of hydrogen-bond acceptors (Lipinski definition) is 1. The standard InChI is InChI=1S/C13H19N/c1-3-13(14-2)12-9-11(12)10-7-5-4-6-8-10/h4-8,11-14H,3,9H2,1-2H3. The topological polar surface area (TPSA) is 12.0 Å². The minimum atomic E-state index is 0.709. The minimum Gasteiger partial charge on any atom is -0.317 e. The second kappa shape index (κ2) is 4.14. The van der Waals surface area contributed by atoms with Crippen molar-refractivity contribution in [1.82, 2.24) is 5.32 Å². The van der Waals surface area contributed by atoms with Gasteiger partial charge in [0.2, 0.25) is 0 Å². The third-order valence-electron chi connectivity index (χ3n) is 3.39. The van der Waals surface area contributed by atoms with Gasteiger partial charge in [0.1, 0.15) is 0 Å². The van der Waals surface area contributed by atoms with Crippen molar-refractivity contribution >= 4 is 0 Å². The zero-order valence-electron chi connectivity index (χ0n) is 9.03. The number of rotatable bonds is 4. The summed E-state index contributed by atoms with van der Waals surface area (Å²) in [5, 5.41) is 3.41. The van der Waals surface area contributed by atoms with Crippen molar-refractivity contribution in [3.63, 3.8) is 0 Å². The molecule has 0 radical (unpaired) electrons. The zero-order chi connectivity index (χ0) is 9.97. The number of nitrogens with one attached hydrogen (secondary N) is 1. The summed E-state index contributed by atoms with van der Waals surface area (Å²) >= 11 is 0. The Kier molecular flexibility index (Phi) is 2.87. The summed E-state index contributed by atoms with van der Waals surface area (Å²) in [4.78, 5) is 0. The zero-order valence-corrected chi connectivity index (χ0v) is 9.03. The summed E-state index contributed by atoms with van der Waals surface area (Å²) < 4.78 is 0. The van der Waals surface area contributed by atoms with E-state index in [0.717, 1.165) is 11.8 Å². The summed E-state index contributed by atoms with van der Waals surface area (Å²) in [6.07, 6.45) is 2.61. The van der Waals surface area contributed by atoms with Gasteiger partial charge in [-0.05, 0) is 37.3 Å². The van der Waals surface area contributed by atoms with Gasteiger partial charge < -0.3 is 5.32 Å². The highest BCUT2D eigenvalue weighted by Crippen LogP contribution is 2.49. The molecule has 2 rings (SSSR count). The van der Waals surface area contributed by atoms with Crippen molar-refractivity contribution in [2.75, 3.05) is 7.05 Å². The molecule has 1 fully saturated rings. The molecule has 14 heavy (non-hydrogen) atoms. The van der Waals surface area contributed by atoms with Gasteiger partial charge in [0, 0.05) is 6.04 Å². The smallest absolute Gasteiger partial charge is 0.00957 e. The molecule has 1 saturated carbocycles. The first kappa shape index (κ1) is 9.72. The maximum Gasteiger partial charge on any atom is 0.00957 e. The molecule has 0 amide bonds. The van der Waals surface area contributed by atoms with Gasteiger partial charge in [-0.3, -0.25) is 0 Å². The number of hydrogen-bond donors (Lipinski definition) is 1. The highest BCUT2D eigenvalue weighted by molar-refractivity contribution is 5.26. The van der Waals surface area contributed by atoms with E-state index in [1.54, 1.807) is 0 Å². The summed E-state index contributed by atoms with van der Waals surface area (Å²) in [6, 6.07) is 11.6. The third kappa shape index (κ3) is 1.83. The van der Waals surface area contributed by atoms with Gasteiger partial charge in [-0.15, -0.1) is 0 Å². The maximum atomic E-state index is 3.41. The summed E-state index contributed by atoms with van der Waals surface area (Å²) in [5.74, 6) is 1.68. The van der Waals surface area contributed by atoms with Crippen LogP contribution in [0.3, 0.4) is 0 Å². The Bertz CT molecular complexity index is 277. The van der Waals surface area contributed by atoms with Crippen molar-refractivity contribution in [1.29, 1.82) is 0 Å². The van der Waals surface area contributed by atoms with Gasteiger partial charge in [-0.2, -0.15) is 0 Å². The van der Waals surface area contributed by atoms with Crippen LogP contribution in [0.4, 0.5) is 0 Å². The fraction of sp³-hybridized carbons (Fsp3) is 0.538. The lowest BCUT2D eigenvalue weighted by molar-refractivity contribution is 0.480. The predicted molar refractivity (Wildman–Crippen MR) is 60.4 cm³/mol. The molecule has 1 aliphatic rings. The Labute approximate surface area is 86.5 Å². The monoisotopic (exact) mass is 189 g/mol. The minimum absolute atomic E-state index is 0.709. The van der Waals surface area contributed by atoms with Gasteiger partial charge >= 0.3 is 0 Å². The Morgan fingerprint density at radius 2 is 2.07 bits per heavy atom. The largest absolute Gasteiger partial charge is 0.317 e. The van der Waals surface area contributed by atoms with Crippen LogP contribution in [0.5, 0.6) is 0 Å². The van der Waals surface area contributed by atoms with Crippen LogP contribution in [0.2, 0.25) is 0 Å². The molecule has 76 valence electrons. The molecule has 1 heteroatoms. The van der Waals surface area contributed by atoms with Crippen molar-refractivity contribution in [2.24, 2.45) is 5.92 Å². The molecular formula is C13H19N. The van der Waals surface area contributed by atoms with Gasteiger partial charge in [-0.25, -0.2) is 0 Å². The molecule has 0 aliphatic heterocycles. The fourth-order valence-corrected chi connectivity index (χ4v) is 2.46. The Morgan fingerprint density at radius 1 is 1.36 bits per heavy atom. The average molecular weight is 189 g/mol. The molecule has 3 unspecified atom stereocenters. The highest BCUT2D eigenvalue weighted by Gasteiger charge is 2.42. The molecule has 0 bridgehead atoms. The third-order valence-corrected chi connectivity index (χ3v) is 3.39. The van der Waals surface area contributed by atoms with Crippen molar-refractivity contribution in [2.45, 2.75) is 31.7 Å². The van der Waals surface area contributed by atoms with E-state index in [-0.39, 0.29) is 0 Å². The number of benzene rings is 1. The predicted octanol–water partition coefficient (Wildman–Crippen LogP) is 2.79. The Hall–Kier alpha value is -0.820. The maximum absolute atomic E-state index is 3.41. The first-order chi connectivity index (χ1) is 6.86. The molecule has 0 spiro atoms. The van der Waals surface area contributed by atoms with Crippen LogP contribution in [0.25, 0.3) is 0 Å². The van der Waals surface area contributed by atoms with E-state index in [1.807, 2.05) is 0 Å². The quantitative estimate of drug-likeness (QED) is 0.768. The lowest BCUT2D eigenvalue weighted by Gasteiger charge is -2.13. The van der Waals surface area contributed by atoms with Crippen LogP contribution in [-0.4, -0.2) is 13.1 Å². The fourth-order valence-electron chi connectivity index (χ4n) is 2.46. The van der Waals surface area contributed by atoms with Crippen LogP contribution in [0.15, 0.2) is 30.3 Å². The van der Waals surface area contributed by atoms with Crippen molar-refractivity contribution in [3.05, 3.63) is 35.9 Å². The van der Waals surface area contributed by atoms with Crippen LogP contribution >= 0.6 is 0 Å². The molecule has 1 aromatic carbocycles. The molecule has 1 nitrogen and oxygen atoms in total. The average Bonchev–Trinajstić information content (AvgIpc) is 3.01. The van der Waals surface area contributed by atoms with E-state index in [9.17, 15) is 0 Å². The van der Waals surface area contributed by atoms with E-state index in [0.29, 0.717) is 6.04 Å². The second-order valence-electron chi connectivity index (χ2n) is 4.22. The first-order valence-corrected chi connectivity index (χ1v) is 5.59. The van der Waals surface area contributed by atoms with Gasteiger partial charge in [0.25, 0.3) is 0 Å². The lowest BCUT2D eigenvalue weighted by atomic mass is 10.0. The van der Waals surface area contributed by atoms with Crippen LogP contribution in [-0.2, 0) is 0 Å². The van der Waals surface area contributed by atoms with Crippen LogP contribution in [0, 0.1) is 5.92 Å². The van der Waals surface area contributed by atoms with E-state index in [4.69, 9.17) is 0 Å². The Balaban J connectivity index is 1.99. The van der Waals surface area contributed by atoms with Crippen molar-refractivity contribution < 1.29 is 0 Å². The highest BCUT2D eigenvalue weighted by atomic mass is 14.9. The molecule has 1 N–H and O–H groups in total. The summed E-state index contributed by atoms with van der Waals surface area (Å²) in [6.45, 7) is 2.27. The second-order valence-corrected chi connectivity index (χ2v) is 4.22. The summed E-state index contributed by atoms with van der Waals surface area (Å²) in [7, 11) is 2.08.